The summed E-state index contributed by atoms with van der Waals surface area (Å²) < 4.78 is 7.30. The van der Waals surface area contributed by atoms with Crippen LogP contribution >= 0.6 is 0 Å². The number of hydrogen-bond donors (Lipinski definition) is 1. The van der Waals surface area contributed by atoms with Crippen molar-refractivity contribution in [3.63, 3.8) is 0 Å². The van der Waals surface area contributed by atoms with E-state index < -0.39 is 5.97 Å². The molecule has 0 amide bonds. The van der Waals surface area contributed by atoms with Gasteiger partial charge in [-0.15, -0.1) is 0 Å². The van der Waals surface area contributed by atoms with Crippen LogP contribution < -0.4 is 4.74 Å². The zero-order valence-corrected chi connectivity index (χ0v) is 11.6. The van der Waals surface area contributed by atoms with E-state index in [0.29, 0.717) is 19.1 Å². The molecule has 0 saturated heterocycles. The van der Waals surface area contributed by atoms with E-state index in [4.69, 9.17) is 9.84 Å². The van der Waals surface area contributed by atoms with Gasteiger partial charge in [-0.2, -0.15) is 5.10 Å². The van der Waals surface area contributed by atoms with Crippen molar-refractivity contribution in [1.82, 2.24) is 9.78 Å². The van der Waals surface area contributed by atoms with Crippen LogP contribution in [0, 0.1) is 5.92 Å². The fraction of sp³-hybridized carbons (Fsp3) is 0.333. The van der Waals surface area contributed by atoms with Crippen LogP contribution in [0.4, 0.5) is 0 Å². The number of aromatic nitrogens is 2. The van der Waals surface area contributed by atoms with Crippen molar-refractivity contribution in [1.29, 1.82) is 0 Å². The Morgan fingerprint density at radius 1 is 1.45 bits per heavy atom. The molecular weight excluding hydrogens is 256 g/mol. The second kappa shape index (κ2) is 6.23. The lowest BCUT2D eigenvalue weighted by molar-refractivity contribution is 0.0696. The largest absolute Gasteiger partial charge is 0.490 e. The summed E-state index contributed by atoms with van der Waals surface area (Å²) in [5, 5.41) is 13.2. The summed E-state index contributed by atoms with van der Waals surface area (Å²) in [5.74, 6) is 0.270. The second-order valence-corrected chi connectivity index (χ2v) is 5.08. The quantitative estimate of drug-likeness (QED) is 0.879. The van der Waals surface area contributed by atoms with Gasteiger partial charge in [0.15, 0.2) is 5.75 Å². The van der Waals surface area contributed by atoms with E-state index in [1.54, 1.807) is 29.1 Å². The van der Waals surface area contributed by atoms with E-state index in [1.165, 1.54) is 0 Å². The second-order valence-electron chi connectivity index (χ2n) is 5.08. The number of carbonyl (C=O) groups is 1. The molecule has 2 aromatic rings. The number of nitrogens with zero attached hydrogens (tertiary/aromatic N) is 2. The molecule has 1 aromatic heterocycles. The van der Waals surface area contributed by atoms with E-state index in [0.717, 1.165) is 11.3 Å². The summed E-state index contributed by atoms with van der Waals surface area (Å²) in [6, 6.07) is 6.84. The lowest BCUT2D eigenvalue weighted by Gasteiger charge is -2.05. The summed E-state index contributed by atoms with van der Waals surface area (Å²) >= 11 is 0. The molecule has 0 unspecified atom stereocenters. The van der Waals surface area contributed by atoms with Crippen LogP contribution in [0.2, 0.25) is 0 Å². The minimum Gasteiger partial charge on any atom is -0.490 e. The highest BCUT2D eigenvalue weighted by molar-refractivity contribution is 5.87. The van der Waals surface area contributed by atoms with Crippen molar-refractivity contribution in [3.05, 3.63) is 47.8 Å². The first-order valence-corrected chi connectivity index (χ1v) is 6.52. The predicted molar refractivity (Wildman–Crippen MR) is 75.1 cm³/mol. The van der Waals surface area contributed by atoms with Gasteiger partial charge in [0.25, 0.3) is 0 Å². The van der Waals surface area contributed by atoms with Gasteiger partial charge in [0, 0.05) is 0 Å². The van der Waals surface area contributed by atoms with E-state index in [9.17, 15) is 4.79 Å². The Morgan fingerprint density at radius 3 is 2.95 bits per heavy atom. The molecule has 0 bridgehead atoms. The van der Waals surface area contributed by atoms with Crippen LogP contribution in [0.15, 0.2) is 36.7 Å². The average molecular weight is 274 g/mol. The zero-order chi connectivity index (χ0) is 14.5. The van der Waals surface area contributed by atoms with Crippen LogP contribution in [0.5, 0.6) is 5.75 Å². The third kappa shape index (κ3) is 3.85. The highest BCUT2D eigenvalue weighted by atomic mass is 16.5. The van der Waals surface area contributed by atoms with Crippen LogP contribution in [-0.4, -0.2) is 27.5 Å². The van der Waals surface area contributed by atoms with Crippen molar-refractivity contribution in [2.45, 2.75) is 20.4 Å². The lowest BCUT2D eigenvalue weighted by atomic mass is 10.1. The Hall–Kier alpha value is -2.30. The fourth-order valence-electron chi connectivity index (χ4n) is 1.76. The maximum Gasteiger partial charge on any atom is 0.335 e. The summed E-state index contributed by atoms with van der Waals surface area (Å²) in [7, 11) is 0. The molecule has 106 valence electrons. The van der Waals surface area contributed by atoms with E-state index in [-0.39, 0.29) is 5.56 Å². The Kier molecular flexibility index (Phi) is 4.40. The van der Waals surface area contributed by atoms with Gasteiger partial charge < -0.3 is 9.84 Å². The molecule has 5 heteroatoms. The van der Waals surface area contributed by atoms with Gasteiger partial charge in [-0.1, -0.05) is 26.0 Å². The van der Waals surface area contributed by atoms with E-state index in [2.05, 4.69) is 18.9 Å². The highest BCUT2D eigenvalue weighted by Crippen LogP contribution is 2.12. The molecule has 1 aromatic carbocycles. The Morgan fingerprint density at radius 2 is 2.25 bits per heavy atom. The van der Waals surface area contributed by atoms with E-state index >= 15 is 0 Å². The number of aromatic carboxylic acids is 1. The molecule has 0 atom stereocenters. The Balaban J connectivity index is 2.03. The standard InChI is InChI=1S/C15H18N2O3/c1-11(2)10-20-14-7-16-17(9-14)8-12-4-3-5-13(6-12)15(18)19/h3-7,9,11H,8,10H2,1-2H3,(H,18,19). The number of benzene rings is 1. The maximum absolute atomic E-state index is 10.9. The summed E-state index contributed by atoms with van der Waals surface area (Å²) in [5.41, 5.74) is 1.18. The molecule has 0 spiro atoms. The monoisotopic (exact) mass is 274 g/mol. The molecule has 5 nitrogen and oxygen atoms in total. The lowest BCUT2D eigenvalue weighted by Crippen LogP contribution is -2.04. The van der Waals surface area contributed by atoms with Crippen molar-refractivity contribution in [2.24, 2.45) is 5.92 Å². The highest BCUT2D eigenvalue weighted by Gasteiger charge is 2.05. The van der Waals surface area contributed by atoms with Crippen LogP contribution in [0.25, 0.3) is 0 Å². The first kappa shape index (κ1) is 14.1. The Labute approximate surface area is 117 Å². The summed E-state index contributed by atoms with van der Waals surface area (Å²) in [6.45, 7) is 5.34. The smallest absolute Gasteiger partial charge is 0.335 e. The number of carboxylic acids is 1. The van der Waals surface area contributed by atoms with Crippen LogP contribution in [-0.2, 0) is 6.54 Å². The molecule has 1 heterocycles. The molecule has 0 radical (unpaired) electrons. The zero-order valence-electron chi connectivity index (χ0n) is 11.6. The third-order valence-corrected chi connectivity index (χ3v) is 2.71. The van der Waals surface area contributed by atoms with Crippen molar-refractivity contribution in [3.8, 4) is 5.75 Å². The van der Waals surface area contributed by atoms with Crippen LogP contribution in [0.3, 0.4) is 0 Å². The van der Waals surface area contributed by atoms with Gasteiger partial charge in [0.05, 0.1) is 31.1 Å². The number of rotatable bonds is 6. The van der Waals surface area contributed by atoms with Gasteiger partial charge in [-0.3, -0.25) is 4.68 Å². The van der Waals surface area contributed by atoms with Gasteiger partial charge in [0.2, 0.25) is 0 Å². The van der Waals surface area contributed by atoms with Gasteiger partial charge in [0.1, 0.15) is 0 Å². The number of hydrogen-bond acceptors (Lipinski definition) is 3. The minimum atomic E-state index is -0.923. The van der Waals surface area contributed by atoms with Crippen molar-refractivity contribution in [2.75, 3.05) is 6.61 Å². The van der Waals surface area contributed by atoms with Gasteiger partial charge in [-0.05, 0) is 23.6 Å². The van der Waals surface area contributed by atoms with Crippen molar-refractivity contribution >= 4 is 5.97 Å². The fourth-order valence-corrected chi connectivity index (χ4v) is 1.76. The van der Waals surface area contributed by atoms with E-state index in [1.807, 2.05) is 12.3 Å². The number of carboxylic acid groups (broad SMARTS) is 1. The normalized spacial score (nSPS) is 10.8. The molecule has 0 fully saturated rings. The third-order valence-electron chi connectivity index (χ3n) is 2.71. The van der Waals surface area contributed by atoms with Crippen LogP contribution in [0.1, 0.15) is 29.8 Å². The summed E-state index contributed by atoms with van der Waals surface area (Å²) in [6.07, 6.45) is 3.49. The first-order valence-electron chi connectivity index (χ1n) is 6.52. The van der Waals surface area contributed by atoms with Crippen molar-refractivity contribution < 1.29 is 14.6 Å². The van der Waals surface area contributed by atoms with Gasteiger partial charge in [-0.25, -0.2) is 4.79 Å². The first-order chi connectivity index (χ1) is 9.54. The number of ether oxygens (including phenoxy) is 1. The molecular formula is C15H18N2O3. The molecule has 1 N–H and O–H groups in total. The molecule has 0 aliphatic carbocycles. The average Bonchev–Trinajstić information content (AvgIpc) is 2.84. The molecule has 0 aliphatic rings. The molecule has 2 rings (SSSR count). The Bertz CT molecular complexity index is 590. The molecule has 0 aliphatic heterocycles. The van der Waals surface area contributed by atoms with Gasteiger partial charge >= 0.3 is 5.97 Å². The topological polar surface area (TPSA) is 64.4 Å². The predicted octanol–water partition coefficient (Wildman–Crippen LogP) is 2.66. The molecule has 20 heavy (non-hydrogen) atoms. The summed E-state index contributed by atoms with van der Waals surface area (Å²) in [4.78, 5) is 10.9. The SMILES string of the molecule is CC(C)COc1cnn(Cc2cccc(C(=O)O)c2)c1. The minimum absolute atomic E-state index is 0.283. The molecule has 0 saturated carbocycles. The maximum atomic E-state index is 10.9.